The number of nitrogens with zero attached hydrogens (tertiary/aromatic N) is 2. The van der Waals surface area contributed by atoms with Crippen molar-refractivity contribution in [2.24, 2.45) is 0 Å². The fraction of sp³-hybridized carbons (Fsp3) is 0.333. The molecule has 2 aromatic heterocycles. The Morgan fingerprint density at radius 1 is 1.17 bits per heavy atom. The molecule has 2 heterocycles. The molecule has 0 fully saturated rings. The third-order valence-corrected chi connectivity index (χ3v) is 6.38. The standard InChI is InChI=1S/C24H27N3O2S/c1-4-29-22(28)13-8-14-30-24-26-19-11-5-6-12-21(19)27(24)15-20-23-16(2)9-7-10-18(23)17(3)25-20/h5-7,9-12,25H,4,8,13-15H2,1-3H3. The number of hydrogen-bond acceptors (Lipinski definition) is 4. The molecule has 0 saturated heterocycles. The van der Waals surface area contributed by atoms with Crippen LogP contribution in [-0.2, 0) is 16.1 Å². The molecule has 1 N–H and O–H groups in total. The normalized spacial score (nSPS) is 11.4. The van der Waals surface area contributed by atoms with Crippen LogP contribution in [0, 0.1) is 13.8 Å². The number of aryl methyl sites for hydroxylation is 2. The Bertz CT molecular complexity index is 1190. The van der Waals surface area contributed by atoms with Gasteiger partial charge in [0.2, 0.25) is 0 Å². The van der Waals surface area contributed by atoms with Gasteiger partial charge in [-0.1, -0.05) is 42.1 Å². The highest BCUT2D eigenvalue weighted by molar-refractivity contribution is 7.99. The van der Waals surface area contributed by atoms with E-state index in [2.05, 4.69) is 59.8 Å². The lowest BCUT2D eigenvalue weighted by atomic mass is 10.1. The molecule has 4 rings (SSSR count). The highest BCUT2D eigenvalue weighted by Gasteiger charge is 2.16. The van der Waals surface area contributed by atoms with Crippen LogP contribution in [0.5, 0.6) is 0 Å². The summed E-state index contributed by atoms with van der Waals surface area (Å²) in [5.74, 6) is 0.696. The first kappa shape index (κ1) is 20.5. The number of carbonyl (C=O) groups is 1. The van der Waals surface area contributed by atoms with Gasteiger partial charge in [-0.3, -0.25) is 4.79 Å². The van der Waals surface area contributed by atoms with Crippen molar-refractivity contribution in [3.05, 3.63) is 59.4 Å². The van der Waals surface area contributed by atoms with Crippen molar-refractivity contribution in [1.82, 2.24) is 14.5 Å². The number of fused-ring (bicyclic) bond motifs is 2. The van der Waals surface area contributed by atoms with Gasteiger partial charge in [0, 0.05) is 34.3 Å². The molecule has 0 atom stereocenters. The number of aromatic nitrogens is 3. The molecule has 0 aliphatic heterocycles. The number of rotatable bonds is 8. The fourth-order valence-electron chi connectivity index (χ4n) is 3.94. The molecule has 4 aromatic rings. The number of aromatic amines is 1. The van der Waals surface area contributed by atoms with Crippen LogP contribution in [0.15, 0.2) is 47.6 Å². The first-order valence-electron chi connectivity index (χ1n) is 10.4. The predicted molar refractivity (Wildman–Crippen MR) is 123 cm³/mol. The summed E-state index contributed by atoms with van der Waals surface area (Å²) in [6.07, 6.45) is 1.22. The van der Waals surface area contributed by atoms with Gasteiger partial charge in [-0.2, -0.15) is 0 Å². The monoisotopic (exact) mass is 421 g/mol. The van der Waals surface area contributed by atoms with Crippen LogP contribution in [0.25, 0.3) is 21.8 Å². The Hall–Kier alpha value is -2.73. The summed E-state index contributed by atoms with van der Waals surface area (Å²) >= 11 is 1.70. The minimum absolute atomic E-state index is 0.129. The number of thioether (sulfide) groups is 1. The Kier molecular flexibility index (Phi) is 6.13. The molecule has 0 spiro atoms. The molecule has 0 unspecified atom stereocenters. The van der Waals surface area contributed by atoms with Crippen LogP contribution < -0.4 is 0 Å². The van der Waals surface area contributed by atoms with E-state index in [1.807, 2.05) is 13.0 Å². The summed E-state index contributed by atoms with van der Waals surface area (Å²) in [7, 11) is 0. The molecule has 5 nitrogen and oxygen atoms in total. The van der Waals surface area contributed by atoms with Gasteiger partial charge in [0.1, 0.15) is 0 Å². The molecular weight excluding hydrogens is 394 g/mol. The molecule has 2 aromatic carbocycles. The zero-order valence-corrected chi connectivity index (χ0v) is 18.5. The maximum Gasteiger partial charge on any atom is 0.305 e. The van der Waals surface area contributed by atoms with Crippen molar-refractivity contribution in [3.63, 3.8) is 0 Å². The number of ether oxygens (including phenoxy) is 1. The molecule has 0 bridgehead atoms. The summed E-state index contributed by atoms with van der Waals surface area (Å²) in [5.41, 5.74) is 5.79. The van der Waals surface area contributed by atoms with E-state index in [1.165, 1.54) is 27.7 Å². The molecule has 0 aliphatic carbocycles. The second-order valence-electron chi connectivity index (χ2n) is 7.45. The number of carbonyl (C=O) groups excluding carboxylic acids is 1. The summed E-state index contributed by atoms with van der Waals surface area (Å²) < 4.78 is 7.31. The minimum Gasteiger partial charge on any atom is -0.466 e. The van der Waals surface area contributed by atoms with E-state index in [0.29, 0.717) is 13.0 Å². The van der Waals surface area contributed by atoms with Crippen molar-refractivity contribution in [2.75, 3.05) is 12.4 Å². The number of hydrogen-bond donors (Lipinski definition) is 1. The molecule has 0 saturated carbocycles. The van der Waals surface area contributed by atoms with Crippen LogP contribution in [0.3, 0.4) is 0 Å². The zero-order chi connectivity index (χ0) is 21.1. The minimum atomic E-state index is -0.129. The van der Waals surface area contributed by atoms with E-state index in [4.69, 9.17) is 9.72 Å². The van der Waals surface area contributed by atoms with Gasteiger partial charge in [-0.05, 0) is 44.9 Å². The first-order valence-corrected chi connectivity index (χ1v) is 11.4. The largest absolute Gasteiger partial charge is 0.466 e. The van der Waals surface area contributed by atoms with Gasteiger partial charge in [0.15, 0.2) is 5.16 Å². The lowest BCUT2D eigenvalue weighted by Crippen LogP contribution is -2.05. The number of para-hydroxylation sites is 2. The van der Waals surface area contributed by atoms with E-state index in [-0.39, 0.29) is 5.97 Å². The van der Waals surface area contributed by atoms with Crippen molar-refractivity contribution in [2.45, 2.75) is 45.3 Å². The predicted octanol–water partition coefficient (Wildman–Crippen LogP) is 5.62. The van der Waals surface area contributed by atoms with Crippen molar-refractivity contribution in [3.8, 4) is 0 Å². The highest BCUT2D eigenvalue weighted by atomic mass is 32.2. The van der Waals surface area contributed by atoms with Crippen molar-refractivity contribution >= 4 is 39.5 Å². The third-order valence-electron chi connectivity index (χ3n) is 5.31. The summed E-state index contributed by atoms with van der Waals surface area (Å²) in [6, 6.07) is 14.7. The molecule has 0 amide bonds. The van der Waals surface area contributed by atoms with E-state index < -0.39 is 0 Å². The van der Waals surface area contributed by atoms with Gasteiger partial charge in [0.05, 0.1) is 24.2 Å². The van der Waals surface area contributed by atoms with Gasteiger partial charge < -0.3 is 14.3 Å². The van der Waals surface area contributed by atoms with E-state index in [9.17, 15) is 4.79 Å². The topological polar surface area (TPSA) is 59.9 Å². The van der Waals surface area contributed by atoms with E-state index >= 15 is 0 Å². The first-order chi connectivity index (χ1) is 14.6. The van der Waals surface area contributed by atoms with E-state index in [0.717, 1.165) is 34.9 Å². The summed E-state index contributed by atoms with van der Waals surface area (Å²) in [6.45, 7) is 7.29. The lowest BCUT2D eigenvalue weighted by molar-refractivity contribution is -0.143. The SMILES string of the molecule is CCOC(=O)CCCSc1nc2ccccc2n1Cc1[nH]c(C)c2cccc(C)c12. The average molecular weight is 422 g/mol. The zero-order valence-electron chi connectivity index (χ0n) is 17.7. The van der Waals surface area contributed by atoms with Crippen LogP contribution in [0.4, 0.5) is 0 Å². The number of imidazole rings is 1. The van der Waals surface area contributed by atoms with Crippen molar-refractivity contribution in [1.29, 1.82) is 0 Å². The molecule has 156 valence electrons. The highest BCUT2D eigenvalue weighted by Crippen LogP contribution is 2.30. The Labute approximate surface area is 180 Å². The summed E-state index contributed by atoms with van der Waals surface area (Å²) in [5, 5.41) is 3.55. The average Bonchev–Trinajstić information content (AvgIpc) is 3.24. The van der Waals surface area contributed by atoms with Gasteiger partial charge in [-0.25, -0.2) is 4.98 Å². The molecule has 0 radical (unpaired) electrons. The molecule has 6 heteroatoms. The van der Waals surface area contributed by atoms with Crippen LogP contribution in [0.1, 0.15) is 36.7 Å². The second-order valence-corrected chi connectivity index (χ2v) is 8.51. The molecular formula is C24H27N3O2S. The quantitative estimate of drug-likeness (QED) is 0.228. The van der Waals surface area contributed by atoms with Gasteiger partial charge in [0.25, 0.3) is 0 Å². The Morgan fingerprint density at radius 2 is 2.00 bits per heavy atom. The smallest absolute Gasteiger partial charge is 0.305 e. The van der Waals surface area contributed by atoms with Crippen LogP contribution >= 0.6 is 11.8 Å². The Morgan fingerprint density at radius 3 is 2.83 bits per heavy atom. The maximum atomic E-state index is 11.6. The van der Waals surface area contributed by atoms with Gasteiger partial charge in [-0.15, -0.1) is 0 Å². The number of nitrogens with one attached hydrogen (secondary N) is 1. The maximum absolute atomic E-state index is 11.6. The van der Waals surface area contributed by atoms with E-state index in [1.54, 1.807) is 11.8 Å². The van der Waals surface area contributed by atoms with Gasteiger partial charge >= 0.3 is 5.97 Å². The van der Waals surface area contributed by atoms with Crippen LogP contribution in [-0.4, -0.2) is 32.9 Å². The Balaban J connectivity index is 1.62. The lowest BCUT2D eigenvalue weighted by Gasteiger charge is -2.09. The van der Waals surface area contributed by atoms with Crippen molar-refractivity contribution < 1.29 is 9.53 Å². The van der Waals surface area contributed by atoms with Crippen LogP contribution in [0.2, 0.25) is 0 Å². The number of benzene rings is 2. The number of H-pyrrole nitrogens is 1. The third kappa shape index (κ3) is 4.10. The number of esters is 1. The molecule has 30 heavy (non-hydrogen) atoms. The summed E-state index contributed by atoms with van der Waals surface area (Å²) in [4.78, 5) is 20.1. The fourth-order valence-corrected chi connectivity index (χ4v) is 4.90. The second kappa shape index (κ2) is 8.96. The molecule has 0 aliphatic rings.